The second-order valence-corrected chi connectivity index (χ2v) is 7.92. The van der Waals surface area contributed by atoms with Gasteiger partial charge in [-0.3, -0.25) is 0 Å². The number of aromatic nitrogens is 3. The van der Waals surface area contributed by atoms with E-state index >= 15 is 0 Å². The average molecular weight is 308 g/mol. The standard InChI is InChI=1S/C12H12N4S3/c1-7(17-12-16-15-11(13)19-12)6-10-14-8-4-2-3-5-9(8)18-10/h2-5,7H,6H2,1H3,(H2,13,15)/t7-/m1/s1. The van der Waals surface area contributed by atoms with Crippen LogP contribution in [0.5, 0.6) is 0 Å². The van der Waals surface area contributed by atoms with E-state index in [-0.39, 0.29) is 0 Å². The van der Waals surface area contributed by atoms with E-state index in [1.807, 2.05) is 12.1 Å². The number of nitrogen functional groups attached to an aromatic ring is 1. The fourth-order valence-corrected chi connectivity index (χ4v) is 4.89. The van der Waals surface area contributed by atoms with Gasteiger partial charge >= 0.3 is 0 Å². The topological polar surface area (TPSA) is 64.7 Å². The van der Waals surface area contributed by atoms with Crippen LogP contribution < -0.4 is 5.73 Å². The molecule has 0 aliphatic carbocycles. The summed E-state index contributed by atoms with van der Waals surface area (Å²) in [6, 6.07) is 8.23. The van der Waals surface area contributed by atoms with E-state index < -0.39 is 0 Å². The van der Waals surface area contributed by atoms with E-state index in [4.69, 9.17) is 5.73 Å². The van der Waals surface area contributed by atoms with Crippen LogP contribution in [0, 0.1) is 0 Å². The molecule has 0 radical (unpaired) electrons. The number of hydrogen-bond acceptors (Lipinski definition) is 7. The molecule has 0 saturated heterocycles. The fourth-order valence-electron chi connectivity index (χ4n) is 1.73. The van der Waals surface area contributed by atoms with Crippen LogP contribution in [0.1, 0.15) is 11.9 Å². The molecule has 0 aliphatic heterocycles. The molecular formula is C12H12N4S3. The highest BCUT2D eigenvalue weighted by Gasteiger charge is 2.12. The molecule has 7 heteroatoms. The van der Waals surface area contributed by atoms with Gasteiger partial charge in [0.05, 0.1) is 15.2 Å². The maximum absolute atomic E-state index is 5.58. The number of benzene rings is 1. The van der Waals surface area contributed by atoms with Gasteiger partial charge in [0.25, 0.3) is 0 Å². The molecule has 2 heterocycles. The predicted molar refractivity (Wildman–Crippen MR) is 83.0 cm³/mol. The molecule has 0 fully saturated rings. The number of nitrogens with zero attached hydrogens (tertiary/aromatic N) is 3. The summed E-state index contributed by atoms with van der Waals surface area (Å²) in [6.07, 6.45) is 0.934. The Morgan fingerprint density at radius 2 is 2.11 bits per heavy atom. The fraction of sp³-hybridized carbons (Fsp3) is 0.250. The molecule has 4 nitrogen and oxygen atoms in total. The second kappa shape index (κ2) is 5.44. The van der Waals surface area contributed by atoms with Gasteiger partial charge in [-0.2, -0.15) is 0 Å². The highest BCUT2D eigenvalue weighted by Crippen LogP contribution is 2.31. The van der Waals surface area contributed by atoms with Gasteiger partial charge in [-0.15, -0.1) is 21.5 Å². The molecule has 0 spiro atoms. The van der Waals surface area contributed by atoms with E-state index in [1.165, 1.54) is 21.0 Å². The molecule has 3 rings (SSSR count). The lowest BCUT2D eigenvalue weighted by Crippen LogP contribution is -2.00. The van der Waals surface area contributed by atoms with Gasteiger partial charge in [-0.25, -0.2) is 4.98 Å². The number of rotatable bonds is 4. The Morgan fingerprint density at radius 1 is 1.26 bits per heavy atom. The zero-order valence-electron chi connectivity index (χ0n) is 10.2. The summed E-state index contributed by atoms with van der Waals surface area (Å²) in [5.74, 6) is 0. The van der Waals surface area contributed by atoms with Gasteiger partial charge in [0.15, 0.2) is 4.34 Å². The Balaban J connectivity index is 1.70. The Morgan fingerprint density at radius 3 is 2.84 bits per heavy atom. The average Bonchev–Trinajstić information content (AvgIpc) is 2.94. The first-order valence-corrected chi connectivity index (χ1v) is 8.32. The zero-order chi connectivity index (χ0) is 13.2. The SMILES string of the molecule is C[C@H](Cc1nc2ccccc2s1)Sc1nnc(N)s1. The number of thioether (sulfide) groups is 1. The molecule has 3 aromatic rings. The Hall–Kier alpha value is -1.18. The minimum absolute atomic E-state index is 0.410. The van der Waals surface area contributed by atoms with Crippen molar-refractivity contribution in [3.05, 3.63) is 29.3 Å². The normalized spacial score (nSPS) is 12.9. The third-order valence-electron chi connectivity index (χ3n) is 2.52. The predicted octanol–water partition coefficient (Wildman–Crippen LogP) is 3.45. The summed E-state index contributed by atoms with van der Waals surface area (Å²) < 4.78 is 2.17. The van der Waals surface area contributed by atoms with Crippen LogP contribution in [-0.4, -0.2) is 20.4 Å². The van der Waals surface area contributed by atoms with Gasteiger partial charge < -0.3 is 5.73 Å². The number of nitrogens with two attached hydrogens (primary N) is 1. The van der Waals surface area contributed by atoms with Crippen LogP contribution in [0.2, 0.25) is 0 Å². The minimum Gasteiger partial charge on any atom is -0.374 e. The molecule has 1 aromatic carbocycles. The van der Waals surface area contributed by atoms with Crippen molar-refractivity contribution in [2.24, 2.45) is 0 Å². The van der Waals surface area contributed by atoms with E-state index in [2.05, 4.69) is 34.2 Å². The van der Waals surface area contributed by atoms with Crippen molar-refractivity contribution in [3.8, 4) is 0 Å². The van der Waals surface area contributed by atoms with Crippen LogP contribution in [0.4, 0.5) is 5.13 Å². The van der Waals surface area contributed by atoms with Crippen LogP contribution in [0.25, 0.3) is 10.2 Å². The van der Waals surface area contributed by atoms with Crippen molar-refractivity contribution in [2.45, 2.75) is 22.9 Å². The Bertz CT molecular complexity index is 658. The summed E-state index contributed by atoms with van der Waals surface area (Å²) in [5.41, 5.74) is 6.66. The molecule has 0 aliphatic rings. The number of hydrogen-bond donors (Lipinski definition) is 1. The van der Waals surface area contributed by atoms with Crippen LogP contribution >= 0.6 is 34.4 Å². The van der Waals surface area contributed by atoms with Gasteiger partial charge in [0.1, 0.15) is 0 Å². The molecule has 0 unspecified atom stereocenters. The number of thiazole rings is 1. The van der Waals surface area contributed by atoms with Crippen molar-refractivity contribution in [1.82, 2.24) is 15.2 Å². The maximum Gasteiger partial charge on any atom is 0.203 e. The monoisotopic (exact) mass is 308 g/mol. The zero-order valence-corrected chi connectivity index (χ0v) is 12.7. The van der Waals surface area contributed by atoms with E-state index in [0.717, 1.165) is 16.3 Å². The van der Waals surface area contributed by atoms with Crippen molar-refractivity contribution in [2.75, 3.05) is 5.73 Å². The third-order valence-corrected chi connectivity index (χ3v) is 5.52. The maximum atomic E-state index is 5.58. The summed E-state index contributed by atoms with van der Waals surface area (Å²) >= 11 is 4.89. The first kappa shape index (κ1) is 12.8. The lowest BCUT2D eigenvalue weighted by molar-refractivity contribution is 0.924. The number of para-hydroxylation sites is 1. The molecule has 19 heavy (non-hydrogen) atoms. The van der Waals surface area contributed by atoms with Crippen molar-refractivity contribution in [3.63, 3.8) is 0 Å². The first-order chi connectivity index (χ1) is 9.20. The third kappa shape index (κ3) is 3.05. The van der Waals surface area contributed by atoms with Gasteiger partial charge in [0.2, 0.25) is 5.13 Å². The van der Waals surface area contributed by atoms with E-state index in [1.54, 1.807) is 23.1 Å². The molecule has 2 aromatic heterocycles. The number of fused-ring (bicyclic) bond motifs is 1. The highest BCUT2D eigenvalue weighted by atomic mass is 32.2. The van der Waals surface area contributed by atoms with Gasteiger partial charge in [-0.05, 0) is 12.1 Å². The lowest BCUT2D eigenvalue weighted by Gasteiger charge is -2.05. The highest BCUT2D eigenvalue weighted by molar-refractivity contribution is 8.01. The van der Waals surface area contributed by atoms with Crippen molar-refractivity contribution in [1.29, 1.82) is 0 Å². The molecule has 0 amide bonds. The molecule has 0 saturated carbocycles. The second-order valence-electron chi connectivity index (χ2n) is 4.11. The van der Waals surface area contributed by atoms with Gasteiger partial charge in [-0.1, -0.05) is 42.2 Å². The molecule has 2 N–H and O–H groups in total. The molecule has 98 valence electrons. The van der Waals surface area contributed by atoms with E-state index in [9.17, 15) is 0 Å². The summed E-state index contributed by atoms with van der Waals surface area (Å²) in [5, 5.41) is 9.95. The minimum atomic E-state index is 0.410. The lowest BCUT2D eigenvalue weighted by atomic mass is 10.3. The van der Waals surface area contributed by atoms with Crippen molar-refractivity contribution >= 4 is 49.8 Å². The summed E-state index contributed by atoms with van der Waals surface area (Å²) in [7, 11) is 0. The smallest absolute Gasteiger partial charge is 0.203 e. The Labute approximate surface area is 123 Å². The van der Waals surface area contributed by atoms with Crippen LogP contribution in [0.15, 0.2) is 28.6 Å². The molecular weight excluding hydrogens is 296 g/mol. The molecule has 1 atom stereocenters. The number of anilines is 1. The Kier molecular flexibility index (Phi) is 3.67. The summed E-state index contributed by atoms with van der Waals surface area (Å²) in [4.78, 5) is 4.65. The summed E-state index contributed by atoms with van der Waals surface area (Å²) in [6.45, 7) is 2.17. The van der Waals surface area contributed by atoms with Gasteiger partial charge in [0, 0.05) is 11.7 Å². The van der Waals surface area contributed by atoms with E-state index in [0.29, 0.717) is 10.4 Å². The van der Waals surface area contributed by atoms with Crippen molar-refractivity contribution < 1.29 is 0 Å². The van der Waals surface area contributed by atoms with Crippen LogP contribution in [0.3, 0.4) is 0 Å². The first-order valence-electron chi connectivity index (χ1n) is 5.81. The largest absolute Gasteiger partial charge is 0.374 e. The van der Waals surface area contributed by atoms with Crippen LogP contribution in [-0.2, 0) is 6.42 Å². The quantitative estimate of drug-likeness (QED) is 0.748. The molecule has 0 bridgehead atoms.